The average Bonchev–Trinajstić information content (AvgIpc) is 2.65. The second-order valence-corrected chi connectivity index (χ2v) is 8.18. The first kappa shape index (κ1) is 17.3. The molecule has 2 aromatic rings. The molecule has 5 heteroatoms. The molecular weight excluding hydrogens is 328 g/mol. The Morgan fingerprint density at radius 3 is 2.85 bits per heavy atom. The number of rotatable bonds is 3. The molecule has 1 saturated carbocycles. The van der Waals surface area contributed by atoms with Gasteiger partial charge in [0, 0.05) is 37.4 Å². The van der Waals surface area contributed by atoms with Crippen molar-refractivity contribution in [3.8, 4) is 0 Å². The zero-order valence-corrected chi connectivity index (χ0v) is 15.9. The molecule has 138 valence electrons. The number of carbonyl (C=O) groups excluding carboxylic acids is 1. The summed E-state index contributed by atoms with van der Waals surface area (Å²) in [6, 6.07) is 9.54. The van der Waals surface area contributed by atoms with Gasteiger partial charge in [-0.25, -0.2) is 9.78 Å². The number of ether oxygens (including phenoxy) is 2. The Morgan fingerprint density at radius 2 is 2.08 bits per heavy atom. The minimum atomic E-state index is -0.270. The van der Waals surface area contributed by atoms with Gasteiger partial charge in [0.15, 0.2) is 0 Å². The maximum absolute atomic E-state index is 13.1. The molecule has 2 heterocycles. The zero-order chi connectivity index (χ0) is 18.5. The molecule has 2 aliphatic rings. The van der Waals surface area contributed by atoms with Crippen LogP contribution in [0.25, 0.3) is 10.9 Å². The lowest BCUT2D eigenvalue weighted by atomic mass is 9.56. The van der Waals surface area contributed by atoms with Crippen LogP contribution in [0.3, 0.4) is 0 Å². The zero-order valence-electron chi connectivity index (χ0n) is 15.9. The smallest absolute Gasteiger partial charge is 0.339 e. The van der Waals surface area contributed by atoms with Gasteiger partial charge >= 0.3 is 5.97 Å². The lowest BCUT2D eigenvalue weighted by Crippen LogP contribution is -2.65. The van der Waals surface area contributed by atoms with Crippen molar-refractivity contribution < 1.29 is 14.3 Å². The van der Waals surface area contributed by atoms with Crippen molar-refractivity contribution in [2.75, 3.05) is 25.6 Å². The van der Waals surface area contributed by atoms with Gasteiger partial charge in [0.2, 0.25) is 0 Å². The predicted molar refractivity (Wildman–Crippen MR) is 102 cm³/mol. The van der Waals surface area contributed by atoms with E-state index >= 15 is 0 Å². The SMILES string of the molecule is CN(C)c1cc(C(=O)O[C@@H]2[C@H]3CCCO[C@@H]3C2(C)C)c2ccccc2n1. The summed E-state index contributed by atoms with van der Waals surface area (Å²) < 4.78 is 12.0. The van der Waals surface area contributed by atoms with E-state index in [2.05, 4.69) is 18.8 Å². The summed E-state index contributed by atoms with van der Waals surface area (Å²) in [5.41, 5.74) is 1.24. The van der Waals surface area contributed by atoms with E-state index < -0.39 is 0 Å². The quantitative estimate of drug-likeness (QED) is 0.788. The van der Waals surface area contributed by atoms with Gasteiger partial charge in [-0.15, -0.1) is 0 Å². The van der Waals surface area contributed by atoms with E-state index in [0.717, 1.165) is 36.2 Å². The van der Waals surface area contributed by atoms with E-state index in [9.17, 15) is 4.79 Å². The Bertz CT molecular complexity index is 846. The standard InChI is InChI=1S/C21H26N2O3/c1-21(2)18-14(9-7-11-25-18)19(21)26-20(24)15-12-17(23(3)4)22-16-10-6-5-8-13(15)16/h5-6,8,10,12,14,18-19H,7,9,11H2,1-4H3/t14-,18-,19+/m0/s1. The van der Waals surface area contributed by atoms with Crippen LogP contribution >= 0.6 is 0 Å². The molecule has 4 rings (SSSR count). The summed E-state index contributed by atoms with van der Waals surface area (Å²) in [6.07, 6.45) is 2.19. The Balaban J connectivity index is 1.66. The van der Waals surface area contributed by atoms with Crippen LogP contribution in [0, 0.1) is 11.3 Å². The second-order valence-electron chi connectivity index (χ2n) is 8.18. The molecular formula is C21H26N2O3. The van der Waals surface area contributed by atoms with Gasteiger partial charge < -0.3 is 14.4 Å². The number of hydrogen-bond donors (Lipinski definition) is 0. The Labute approximate surface area is 154 Å². The number of anilines is 1. The highest BCUT2D eigenvalue weighted by Gasteiger charge is 2.60. The average molecular weight is 354 g/mol. The number of benzene rings is 1. The third kappa shape index (κ3) is 2.65. The van der Waals surface area contributed by atoms with Crippen LogP contribution in [-0.4, -0.2) is 43.9 Å². The molecule has 26 heavy (non-hydrogen) atoms. The molecule has 3 atom stereocenters. The summed E-state index contributed by atoms with van der Waals surface area (Å²) >= 11 is 0. The van der Waals surface area contributed by atoms with Crippen LogP contribution in [-0.2, 0) is 9.47 Å². The Hall–Kier alpha value is -2.14. The van der Waals surface area contributed by atoms with E-state index in [-0.39, 0.29) is 23.6 Å². The van der Waals surface area contributed by atoms with E-state index in [1.807, 2.05) is 49.3 Å². The minimum absolute atomic E-state index is 0.102. The highest BCUT2D eigenvalue weighted by molar-refractivity contribution is 6.04. The predicted octanol–water partition coefficient (Wildman–Crippen LogP) is 3.66. The molecule has 1 aromatic heterocycles. The van der Waals surface area contributed by atoms with Gasteiger partial charge in [0.1, 0.15) is 11.9 Å². The second kappa shape index (κ2) is 6.23. The molecule has 1 aromatic carbocycles. The lowest BCUT2D eigenvalue weighted by molar-refractivity contribution is -0.243. The van der Waals surface area contributed by atoms with E-state index in [1.54, 1.807) is 0 Å². The fraction of sp³-hybridized carbons (Fsp3) is 0.524. The van der Waals surface area contributed by atoms with Crippen molar-refractivity contribution in [3.05, 3.63) is 35.9 Å². The number of aromatic nitrogens is 1. The van der Waals surface area contributed by atoms with Crippen molar-refractivity contribution in [3.63, 3.8) is 0 Å². The minimum Gasteiger partial charge on any atom is -0.458 e. The van der Waals surface area contributed by atoms with Crippen LogP contribution in [0.4, 0.5) is 5.82 Å². The number of hydrogen-bond acceptors (Lipinski definition) is 5. The molecule has 2 fully saturated rings. The topological polar surface area (TPSA) is 51.7 Å². The molecule has 0 N–H and O–H groups in total. The molecule has 0 spiro atoms. The Morgan fingerprint density at radius 1 is 1.31 bits per heavy atom. The van der Waals surface area contributed by atoms with Crippen molar-refractivity contribution in [2.24, 2.45) is 11.3 Å². The maximum Gasteiger partial charge on any atom is 0.339 e. The largest absolute Gasteiger partial charge is 0.458 e. The van der Waals surface area contributed by atoms with Gasteiger partial charge in [-0.3, -0.25) is 0 Å². The summed E-state index contributed by atoms with van der Waals surface area (Å²) in [6.45, 7) is 5.08. The molecule has 5 nitrogen and oxygen atoms in total. The van der Waals surface area contributed by atoms with Crippen molar-refractivity contribution in [2.45, 2.75) is 38.9 Å². The number of para-hydroxylation sites is 1. The van der Waals surface area contributed by atoms with E-state index in [1.165, 1.54) is 0 Å². The van der Waals surface area contributed by atoms with Gasteiger partial charge in [-0.1, -0.05) is 32.0 Å². The van der Waals surface area contributed by atoms with Crippen molar-refractivity contribution >= 4 is 22.7 Å². The monoisotopic (exact) mass is 354 g/mol. The molecule has 1 saturated heterocycles. The molecule has 1 aliphatic heterocycles. The number of pyridine rings is 1. The van der Waals surface area contributed by atoms with Crippen LogP contribution in [0.1, 0.15) is 37.0 Å². The van der Waals surface area contributed by atoms with E-state index in [0.29, 0.717) is 11.5 Å². The Kier molecular flexibility index (Phi) is 4.14. The number of fused-ring (bicyclic) bond motifs is 2. The van der Waals surface area contributed by atoms with Crippen molar-refractivity contribution in [1.29, 1.82) is 0 Å². The molecule has 0 bridgehead atoms. The fourth-order valence-electron chi connectivity index (χ4n) is 4.45. The van der Waals surface area contributed by atoms with Gasteiger partial charge in [0.25, 0.3) is 0 Å². The highest BCUT2D eigenvalue weighted by Crippen LogP contribution is 2.53. The summed E-state index contributed by atoms with van der Waals surface area (Å²) in [4.78, 5) is 19.6. The first-order chi connectivity index (χ1) is 12.4. The third-order valence-corrected chi connectivity index (χ3v) is 5.84. The first-order valence-electron chi connectivity index (χ1n) is 9.29. The molecule has 0 amide bonds. The lowest BCUT2D eigenvalue weighted by Gasteiger charge is -2.58. The van der Waals surface area contributed by atoms with Crippen molar-refractivity contribution in [1.82, 2.24) is 4.98 Å². The number of carbonyl (C=O) groups is 1. The van der Waals surface area contributed by atoms with E-state index in [4.69, 9.17) is 9.47 Å². The molecule has 0 unspecified atom stereocenters. The van der Waals surface area contributed by atoms with Crippen LogP contribution in [0.15, 0.2) is 30.3 Å². The number of nitrogens with zero attached hydrogens (tertiary/aromatic N) is 2. The summed E-state index contributed by atoms with van der Waals surface area (Å²) in [5, 5.41) is 0.830. The van der Waals surface area contributed by atoms with Crippen LogP contribution < -0.4 is 4.90 Å². The molecule has 0 radical (unpaired) electrons. The van der Waals surface area contributed by atoms with Crippen LogP contribution in [0.2, 0.25) is 0 Å². The normalized spacial score (nSPS) is 26.7. The van der Waals surface area contributed by atoms with Gasteiger partial charge in [0.05, 0.1) is 17.2 Å². The summed E-state index contributed by atoms with van der Waals surface area (Å²) in [7, 11) is 3.84. The van der Waals surface area contributed by atoms with Gasteiger partial charge in [-0.05, 0) is 25.0 Å². The van der Waals surface area contributed by atoms with Gasteiger partial charge in [-0.2, -0.15) is 0 Å². The third-order valence-electron chi connectivity index (χ3n) is 5.84. The first-order valence-corrected chi connectivity index (χ1v) is 9.29. The summed E-state index contributed by atoms with van der Waals surface area (Å²) in [5.74, 6) is 0.792. The fourth-order valence-corrected chi connectivity index (χ4v) is 4.45. The highest BCUT2D eigenvalue weighted by atomic mass is 16.6. The maximum atomic E-state index is 13.1. The molecule has 1 aliphatic carbocycles. The number of esters is 1. The van der Waals surface area contributed by atoms with Crippen LogP contribution in [0.5, 0.6) is 0 Å².